The Morgan fingerprint density at radius 2 is 2.36 bits per heavy atom. The van der Waals surface area contributed by atoms with Crippen molar-refractivity contribution in [3.63, 3.8) is 0 Å². The van der Waals surface area contributed by atoms with E-state index in [0.29, 0.717) is 0 Å². The van der Waals surface area contributed by atoms with Crippen molar-refractivity contribution >= 4 is 27.9 Å². The third-order valence-corrected chi connectivity index (χ3v) is 3.73. The van der Waals surface area contributed by atoms with E-state index in [1.165, 1.54) is 4.41 Å². The standard InChI is InChI=1S/C6H12N2O4S2/c1-3-12-6(9)5-4-14(10,11)7-8(5)13-2/h5,7H,3-4H2,1-2H3. The number of hydrogen-bond acceptors (Lipinski definition) is 6. The van der Waals surface area contributed by atoms with E-state index in [9.17, 15) is 13.2 Å². The minimum Gasteiger partial charge on any atom is -0.465 e. The fourth-order valence-corrected chi connectivity index (χ4v) is 3.41. The zero-order valence-corrected chi connectivity index (χ0v) is 9.52. The van der Waals surface area contributed by atoms with Crippen LogP contribution in [0.4, 0.5) is 0 Å². The zero-order chi connectivity index (χ0) is 10.8. The number of rotatable bonds is 3. The number of nitrogens with one attached hydrogen (secondary N) is 1. The third kappa shape index (κ3) is 2.59. The summed E-state index contributed by atoms with van der Waals surface area (Å²) in [6, 6.07) is -0.755. The van der Waals surface area contributed by atoms with Crippen LogP contribution in [0.2, 0.25) is 0 Å². The van der Waals surface area contributed by atoms with Gasteiger partial charge >= 0.3 is 5.97 Å². The molecule has 1 saturated heterocycles. The van der Waals surface area contributed by atoms with Crippen LogP contribution in [-0.2, 0) is 19.6 Å². The van der Waals surface area contributed by atoms with E-state index in [-0.39, 0.29) is 12.4 Å². The lowest BCUT2D eigenvalue weighted by Crippen LogP contribution is -2.38. The molecule has 1 heterocycles. The summed E-state index contributed by atoms with van der Waals surface area (Å²) < 4.78 is 28.3. The Balaban J connectivity index is 2.73. The molecule has 14 heavy (non-hydrogen) atoms. The van der Waals surface area contributed by atoms with Crippen molar-refractivity contribution < 1.29 is 17.9 Å². The second kappa shape index (κ2) is 4.47. The van der Waals surface area contributed by atoms with Crippen molar-refractivity contribution in [2.45, 2.75) is 13.0 Å². The molecular formula is C6H12N2O4S2. The molecule has 0 aromatic heterocycles. The predicted octanol–water partition coefficient (Wildman–Crippen LogP) is -0.654. The minimum absolute atomic E-state index is 0.243. The molecule has 6 nitrogen and oxygen atoms in total. The summed E-state index contributed by atoms with van der Waals surface area (Å²) in [5.41, 5.74) is 0. The van der Waals surface area contributed by atoms with E-state index in [1.54, 1.807) is 13.2 Å². The Bertz CT molecular complexity index is 316. The van der Waals surface area contributed by atoms with E-state index in [4.69, 9.17) is 4.74 Å². The van der Waals surface area contributed by atoms with Gasteiger partial charge in [0.1, 0.15) is 6.04 Å². The molecule has 0 radical (unpaired) electrons. The largest absolute Gasteiger partial charge is 0.465 e. The number of sulfonamides is 1. The molecule has 1 aliphatic heterocycles. The van der Waals surface area contributed by atoms with E-state index < -0.39 is 22.0 Å². The van der Waals surface area contributed by atoms with Gasteiger partial charge in [0.05, 0.1) is 12.4 Å². The fourth-order valence-electron chi connectivity index (χ4n) is 1.08. The van der Waals surface area contributed by atoms with Crippen LogP contribution in [0.1, 0.15) is 6.92 Å². The Morgan fingerprint density at radius 1 is 1.71 bits per heavy atom. The van der Waals surface area contributed by atoms with Gasteiger partial charge in [0.2, 0.25) is 10.0 Å². The molecule has 0 aliphatic carbocycles. The van der Waals surface area contributed by atoms with Crippen LogP contribution in [0.5, 0.6) is 0 Å². The molecule has 0 saturated carbocycles. The number of nitrogens with zero attached hydrogens (tertiary/aromatic N) is 1. The molecule has 1 aliphatic rings. The van der Waals surface area contributed by atoms with Crippen LogP contribution in [0, 0.1) is 0 Å². The lowest BCUT2D eigenvalue weighted by Gasteiger charge is -2.16. The molecule has 1 fully saturated rings. The highest BCUT2D eigenvalue weighted by molar-refractivity contribution is 7.97. The van der Waals surface area contributed by atoms with Gasteiger partial charge in [-0.3, -0.25) is 4.79 Å². The van der Waals surface area contributed by atoms with Gasteiger partial charge in [0.15, 0.2) is 0 Å². The predicted molar refractivity (Wildman–Crippen MR) is 52.7 cm³/mol. The SMILES string of the molecule is CCOC(=O)C1CS(=O)(=O)NN1SC. The second-order valence-electron chi connectivity index (χ2n) is 2.65. The number of ether oxygens (including phenoxy) is 1. The summed E-state index contributed by atoms with van der Waals surface area (Å²) in [5, 5.41) is 0. The average molecular weight is 240 g/mol. The first-order chi connectivity index (χ1) is 6.50. The molecule has 0 aromatic rings. The normalized spacial score (nSPS) is 26.3. The highest BCUT2D eigenvalue weighted by atomic mass is 32.2. The molecule has 0 aromatic carbocycles. The Kier molecular flexibility index (Phi) is 3.76. The van der Waals surface area contributed by atoms with Crippen LogP contribution >= 0.6 is 11.9 Å². The summed E-state index contributed by atoms with van der Waals surface area (Å²) in [7, 11) is -3.37. The first kappa shape index (κ1) is 11.8. The van der Waals surface area contributed by atoms with E-state index in [2.05, 4.69) is 4.83 Å². The topological polar surface area (TPSA) is 75.7 Å². The van der Waals surface area contributed by atoms with Gasteiger partial charge in [0.25, 0.3) is 0 Å². The molecule has 1 unspecified atom stereocenters. The van der Waals surface area contributed by atoms with Crippen molar-refractivity contribution in [3.05, 3.63) is 0 Å². The zero-order valence-electron chi connectivity index (χ0n) is 7.89. The molecule has 82 valence electrons. The molecule has 8 heteroatoms. The van der Waals surface area contributed by atoms with Gasteiger partial charge in [-0.1, -0.05) is 11.9 Å². The Hall–Kier alpha value is -0.310. The first-order valence-corrected chi connectivity index (χ1v) is 6.83. The molecule has 0 spiro atoms. The number of carbonyl (C=O) groups excluding carboxylic acids is 1. The Morgan fingerprint density at radius 3 is 2.86 bits per heavy atom. The van der Waals surface area contributed by atoms with Crippen LogP contribution in [-0.4, -0.2) is 43.5 Å². The Labute approximate surface area is 87.1 Å². The number of esters is 1. The van der Waals surface area contributed by atoms with Crippen molar-refractivity contribution in [1.29, 1.82) is 0 Å². The number of hydrazine groups is 1. The molecule has 1 atom stereocenters. The monoisotopic (exact) mass is 240 g/mol. The molecule has 1 N–H and O–H groups in total. The highest BCUT2D eigenvalue weighted by Gasteiger charge is 2.40. The van der Waals surface area contributed by atoms with Gasteiger partial charge in [-0.2, -0.15) is 4.41 Å². The molecule has 0 bridgehead atoms. The third-order valence-electron chi connectivity index (χ3n) is 1.64. The van der Waals surface area contributed by atoms with Crippen LogP contribution in [0.25, 0.3) is 0 Å². The first-order valence-electron chi connectivity index (χ1n) is 4.00. The second-order valence-corrected chi connectivity index (χ2v) is 5.15. The highest BCUT2D eigenvalue weighted by Crippen LogP contribution is 2.18. The average Bonchev–Trinajstić information content (AvgIpc) is 2.41. The lowest BCUT2D eigenvalue weighted by atomic mass is 10.4. The summed E-state index contributed by atoms with van der Waals surface area (Å²) in [5.74, 6) is -0.762. The smallest absolute Gasteiger partial charge is 0.326 e. The maximum atomic E-state index is 11.3. The maximum Gasteiger partial charge on any atom is 0.326 e. The van der Waals surface area contributed by atoms with Gasteiger partial charge in [0, 0.05) is 0 Å². The van der Waals surface area contributed by atoms with Crippen LogP contribution in [0.15, 0.2) is 0 Å². The summed E-state index contributed by atoms with van der Waals surface area (Å²) >= 11 is 1.14. The van der Waals surface area contributed by atoms with Crippen LogP contribution in [0.3, 0.4) is 0 Å². The van der Waals surface area contributed by atoms with Crippen molar-refractivity contribution in [2.24, 2.45) is 0 Å². The summed E-state index contributed by atoms with van der Waals surface area (Å²) in [4.78, 5) is 13.6. The number of hydrogen-bond donors (Lipinski definition) is 1. The van der Waals surface area contributed by atoms with E-state index in [0.717, 1.165) is 11.9 Å². The maximum absolute atomic E-state index is 11.3. The molecule has 1 rings (SSSR count). The van der Waals surface area contributed by atoms with E-state index in [1.807, 2.05) is 0 Å². The molecule has 0 amide bonds. The molecular weight excluding hydrogens is 228 g/mol. The van der Waals surface area contributed by atoms with Crippen molar-refractivity contribution in [2.75, 3.05) is 18.6 Å². The van der Waals surface area contributed by atoms with Crippen LogP contribution < -0.4 is 4.83 Å². The summed E-state index contributed by atoms with van der Waals surface area (Å²) in [6.45, 7) is 1.93. The van der Waals surface area contributed by atoms with Gasteiger partial charge in [-0.05, 0) is 13.2 Å². The van der Waals surface area contributed by atoms with Gasteiger partial charge in [-0.15, -0.1) is 4.83 Å². The fraction of sp³-hybridized carbons (Fsp3) is 0.833. The van der Waals surface area contributed by atoms with E-state index >= 15 is 0 Å². The van der Waals surface area contributed by atoms with Gasteiger partial charge in [-0.25, -0.2) is 8.42 Å². The number of carbonyl (C=O) groups is 1. The van der Waals surface area contributed by atoms with Crippen molar-refractivity contribution in [1.82, 2.24) is 9.25 Å². The van der Waals surface area contributed by atoms with Gasteiger partial charge < -0.3 is 4.74 Å². The summed E-state index contributed by atoms with van der Waals surface area (Å²) in [6.07, 6.45) is 1.68. The minimum atomic E-state index is -3.37. The lowest BCUT2D eigenvalue weighted by molar-refractivity contribution is -0.146. The quantitative estimate of drug-likeness (QED) is 0.521. The van der Waals surface area contributed by atoms with Crippen molar-refractivity contribution in [3.8, 4) is 0 Å².